The summed E-state index contributed by atoms with van der Waals surface area (Å²) in [6.07, 6.45) is 2.57. The first-order valence-electron chi connectivity index (χ1n) is 9.55. The molecule has 1 fully saturated rings. The summed E-state index contributed by atoms with van der Waals surface area (Å²) in [4.78, 5) is 23.4. The molecule has 2 heterocycles. The van der Waals surface area contributed by atoms with Crippen molar-refractivity contribution in [2.75, 3.05) is 36.0 Å². The number of amides is 1. The van der Waals surface area contributed by atoms with E-state index in [1.54, 1.807) is 0 Å². The van der Waals surface area contributed by atoms with Crippen LogP contribution in [0.3, 0.4) is 0 Å². The quantitative estimate of drug-likeness (QED) is 0.612. The summed E-state index contributed by atoms with van der Waals surface area (Å²) in [7, 11) is 0. The molecule has 1 amide bonds. The van der Waals surface area contributed by atoms with Gasteiger partial charge in [0.2, 0.25) is 5.91 Å². The second-order valence-electron chi connectivity index (χ2n) is 7.03. The first-order valence-corrected chi connectivity index (χ1v) is 9.55. The zero-order chi connectivity index (χ0) is 19.3. The van der Waals surface area contributed by atoms with Crippen LogP contribution in [0.2, 0.25) is 0 Å². The van der Waals surface area contributed by atoms with E-state index >= 15 is 0 Å². The van der Waals surface area contributed by atoms with E-state index in [1.165, 1.54) is 31.5 Å². The Balaban J connectivity index is 1.32. The molecular weight excluding hydrogens is 352 g/mol. The first-order chi connectivity index (χ1) is 13.7. The molecule has 1 aromatic heterocycles. The summed E-state index contributed by atoms with van der Waals surface area (Å²) in [5.74, 6) is 0.522. The van der Waals surface area contributed by atoms with Crippen LogP contribution in [0.25, 0.3) is 11.0 Å². The molecule has 1 aliphatic rings. The van der Waals surface area contributed by atoms with Crippen molar-refractivity contribution in [2.24, 2.45) is 0 Å². The van der Waals surface area contributed by atoms with Gasteiger partial charge in [0.1, 0.15) is 0 Å². The molecule has 4 rings (SSSR count). The van der Waals surface area contributed by atoms with Crippen molar-refractivity contribution in [3.8, 4) is 0 Å². The van der Waals surface area contributed by atoms with E-state index < -0.39 is 0 Å². The molecular formula is C21H24N6O. The van der Waals surface area contributed by atoms with Gasteiger partial charge in [0, 0.05) is 12.2 Å². The Hall–Kier alpha value is -3.19. The van der Waals surface area contributed by atoms with Gasteiger partial charge in [-0.05, 0) is 55.8 Å². The summed E-state index contributed by atoms with van der Waals surface area (Å²) < 4.78 is 0. The molecule has 1 saturated heterocycles. The molecule has 0 atom stereocenters. The molecule has 0 bridgehead atoms. The number of nitrogens with zero attached hydrogens (tertiary/aromatic N) is 3. The SMILES string of the molecule is Nc1nc2ccccc2nc1NCC(=O)Nc1ccc(CN2CCCC2)cc1. The number of hydrogen-bond acceptors (Lipinski definition) is 6. The van der Waals surface area contributed by atoms with Crippen molar-refractivity contribution >= 4 is 34.3 Å². The van der Waals surface area contributed by atoms with Crippen LogP contribution in [-0.2, 0) is 11.3 Å². The van der Waals surface area contributed by atoms with Crippen LogP contribution in [0.1, 0.15) is 18.4 Å². The third-order valence-corrected chi connectivity index (χ3v) is 4.86. The van der Waals surface area contributed by atoms with Crippen LogP contribution in [0, 0.1) is 0 Å². The summed E-state index contributed by atoms with van der Waals surface area (Å²) in [6.45, 7) is 3.37. The maximum absolute atomic E-state index is 12.3. The lowest BCUT2D eigenvalue weighted by molar-refractivity contribution is -0.114. The minimum Gasteiger partial charge on any atom is -0.381 e. The molecule has 0 aliphatic carbocycles. The number of rotatable bonds is 6. The lowest BCUT2D eigenvalue weighted by Gasteiger charge is -2.15. The van der Waals surface area contributed by atoms with Gasteiger partial charge in [-0.25, -0.2) is 9.97 Å². The molecule has 1 aliphatic heterocycles. The Morgan fingerprint density at radius 3 is 2.39 bits per heavy atom. The Labute approximate surface area is 164 Å². The highest BCUT2D eigenvalue weighted by atomic mass is 16.1. The summed E-state index contributed by atoms with van der Waals surface area (Å²) in [5, 5.41) is 5.85. The van der Waals surface area contributed by atoms with E-state index in [1.807, 2.05) is 36.4 Å². The van der Waals surface area contributed by atoms with Gasteiger partial charge in [-0.1, -0.05) is 24.3 Å². The average Bonchev–Trinajstić information content (AvgIpc) is 3.21. The van der Waals surface area contributed by atoms with Crippen molar-refractivity contribution in [3.05, 3.63) is 54.1 Å². The third kappa shape index (κ3) is 4.37. The number of anilines is 3. The van der Waals surface area contributed by atoms with Gasteiger partial charge < -0.3 is 16.4 Å². The maximum atomic E-state index is 12.3. The lowest BCUT2D eigenvalue weighted by Crippen LogP contribution is -2.23. The van der Waals surface area contributed by atoms with Gasteiger partial charge in [-0.2, -0.15) is 0 Å². The standard InChI is InChI=1S/C21H24N6O/c22-20-21(26-18-6-2-1-5-17(18)25-20)23-13-19(28)24-16-9-7-15(8-10-16)14-27-11-3-4-12-27/h1-2,5-10H,3-4,11-14H2,(H2,22,25)(H,23,26)(H,24,28). The van der Waals surface area contributed by atoms with E-state index in [0.717, 1.165) is 23.3 Å². The van der Waals surface area contributed by atoms with Crippen LogP contribution in [0.4, 0.5) is 17.3 Å². The van der Waals surface area contributed by atoms with Gasteiger partial charge in [-0.3, -0.25) is 9.69 Å². The minimum absolute atomic E-state index is 0.0623. The third-order valence-electron chi connectivity index (χ3n) is 4.86. The van der Waals surface area contributed by atoms with Gasteiger partial charge in [0.25, 0.3) is 0 Å². The fraction of sp³-hybridized carbons (Fsp3) is 0.286. The van der Waals surface area contributed by atoms with E-state index in [0.29, 0.717) is 5.82 Å². The molecule has 0 spiro atoms. The van der Waals surface area contributed by atoms with Crippen LogP contribution in [0.15, 0.2) is 48.5 Å². The molecule has 2 aromatic carbocycles. The number of nitrogen functional groups attached to an aromatic ring is 1. The van der Waals surface area contributed by atoms with Crippen molar-refractivity contribution in [3.63, 3.8) is 0 Å². The minimum atomic E-state index is -0.165. The number of likely N-dealkylation sites (tertiary alicyclic amines) is 1. The fourth-order valence-electron chi connectivity index (χ4n) is 3.41. The van der Waals surface area contributed by atoms with E-state index in [2.05, 4.69) is 37.6 Å². The second kappa shape index (κ2) is 8.22. The van der Waals surface area contributed by atoms with E-state index in [-0.39, 0.29) is 18.3 Å². The average molecular weight is 376 g/mol. The zero-order valence-electron chi connectivity index (χ0n) is 15.7. The van der Waals surface area contributed by atoms with Crippen LogP contribution >= 0.6 is 0 Å². The number of nitrogens with one attached hydrogen (secondary N) is 2. The van der Waals surface area contributed by atoms with Crippen LogP contribution in [-0.4, -0.2) is 40.4 Å². The largest absolute Gasteiger partial charge is 0.381 e. The van der Waals surface area contributed by atoms with Crippen molar-refractivity contribution < 1.29 is 4.79 Å². The summed E-state index contributed by atoms with van der Waals surface area (Å²) in [6, 6.07) is 15.5. The van der Waals surface area contributed by atoms with Gasteiger partial charge in [-0.15, -0.1) is 0 Å². The molecule has 144 valence electrons. The Bertz CT molecular complexity index is 966. The van der Waals surface area contributed by atoms with E-state index in [4.69, 9.17) is 5.73 Å². The summed E-state index contributed by atoms with van der Waals surface area (Å²) >= 11 is 0. The molecule has 28 heavy (non-hydrogen) atoms. The number of nitrogens with two attached hydrogens (primary N) is 1. The predicted octanol–water partition coefficient (Wildman–Crippen LogP) is 2.86. The molecule has 0 unspecified atom stereocenters. The number of benzene rings is 2. The van der Waals surface area contributed by atoms with E-state index in [9.17, 15) is 4.79 Å². The Morgan fingerprint density at radius 2 is 1.68 bits per heavy atom. The number of fused-ring (bicyclic) bond motifs is 1. The number of para-hydroxylation sites is 2. The van der Waals surface area contributed by atoms with Gasteiger partial charge in [0.15, 0.2) is 11.6 Å². The lowest BCUT2D eigenvalue weighted by atomic mass is 10.2. The highest BCUT2D eigenvalue weighted by molar-refractivity contribution is 5.94. The predicted molar refractivity (Wildman–Crippen MR) is 112 cm³/mol. The first kappa shape index (κ1) is 18.2. The van der Waals surface area contributed by atoms with Gasteiger partial charge in [0.05, 0.1) is 17.6 Å². The number of aromatic nitrogens is 2. The van der Waals surface area contributed by atoms with Crippen LogP contribution < -0.4 is 16.4 Å². The monoisotopic (exact) mass is 376 g/mol. The number of hydrogen-bond donors (Lipinski definition) is 3. The highest BCUT2D eigenvalue weighted by Gasteiger charge is 2.12. The smallest absolute Gasteiger partial charge is 0.243 e. The number of carbonyl (C=O) groups excluding carboxylic acids is 1. The molecule has 4 N–H and O–H groups in total. The Kier molecular flexibility index (Phi) is 5.34. The highest BCUT2D eigenvalue weighted by Crippen LogP contribution is 2.18. The topological polar surface area (TPSA) is 96.2 Å². The zero-order valence-corrected chi connectivity index (χ0v) is 15.7. The molecule has 7 heteroatoms. The molecule has 7 nitrogen and oxygen atoms in total. The van der Waals surface area contributed by atoms with Crippen molar-refractivity contribution in [1.82, 2.24) is 14.9 Å². The summed E-state index contributed by atoms with van der Waals surface area (Å²) in [5.41, 5.74) is 9.43. The normalized spacial score (nSPS) is 14.3. The molecule has 0 saturated carbocycles. The fourth-order valence-corrected chi connectivity index (χ4v) is 3.41. The second-order valence-corrected chi connectivity index (χ2v) is 7.03. The Morgan fingerprint density at radius 1 is 1.00 bits per heavy atom. The van der Waals surface area contributed by atoms with Gasteiger partial charge >= 0.3 is 0 Å². The number of carbonyl (C=O) groups is 1. The molecule has 0 radical (unpaired) electrons. The maximum Gasteiger partial charge on any atom is 0.243 e. The van der Waals surface area contributed by atoms with Crippen molar-refractivity contribution in [1.29, 1.82) is 0 Å². The molecule has 3 aromatic rings. The van der Waals surface area contributed by atoms with Crippen LogP contribution in [0.5, 0.6) is 0 Å². The van der Waals surface area contributed by atoms with Crippen molar-refractivity contribution in [2.45, 2.75) is 19.4 Å².